The highest BCUT2D eigenvalue weighted by atomic mass is 32.1. The van der Waals surface area contributed by atoms with Crippen molar-refractivity contribution in [3.8, 4) is 0 Å². The zero-order valence-electron chi connectivity index (χ0n) is 12.9. The van der Waals surface area contributed by atoms with Crippen molar-refractivity contribution in [2.24, 2.45) is 0 Å². The molecule has 0 saturated heterocycles. The normalized spacial score (nSPS) is 11.1. The Kier molecular flexibility index (Phi) is 5.17. The molecule has 1 N–H and O–H groups in total. The van der Waals surface area contributed by atoms with Gasteiger partial charge in [-0.15, -0.1) is 11.3 Å². The molecule has 0 aromatic carbocycles. The van der Waals surface area contributed by atoms with E-state index in [0.29, 0.717) is 0 Å². The zero-order valence-corrected chi connectivity index (χ0v) is 13.7. The van der Waals surface area contributed by atoms with E-state index in [4.69, 9.17) is 4.74 Å². The van der Waals surface area contributed by atoms with Crippen LogP contribution in [0.15, 0.2) is 19.2 Å². The van der Waals surface area contributed by atoms with Crippen molar-refractivity contribution < 1.29 is 9.53 Å². The number of hydrogen-bond donors (Lipinski definition) is 1. The van der Waals surface area contributed by atoms with Gasteiger partial charge in [0.2, 0.25) is 0 Å². The van der Waals surface area contributed by atoms with E-state index >= 15 is 0 Å². The first-order valence-electron chi connectivity index (χ1n) is 6.62. The molecule has 0 unspecified atom stereocenters. The minimum atomic E-state index is -0.513. The molecule has 1 aromatic rings. The summed E-state index contributed by atoms with van der Waals surface area (Å²) in [4.78, 5) is 12.9. The van der Waals surface area contributed by atoms with Crippen LogP contribution in [0.4, 0.5) is 9.80 Å². The van der Waals surface area contributed by atoms with Gasteiger partial charge in [-0.25, -0.2) is 4.79 Å². The van der Waals surface area contributed by atoms with Gasteiger partial charge in [0.25, 0.3) is 0 Å². The lowest BCUT2D eigenvalue weighted by molar-refractivity contribution is 0.0636. The highest BCUT2D eigenvalue weighted by Crippen LogP contribution is 2.36. The van der Waals surface area contributed by atoms with Crippen LogP contribution in [0, 0.1) is 0 Å². The fourth-order valence-corrected chi connectivity index (χ4v) is 2.71. The van der Waals surface area contributed by atoms with E-state index in [1.165, 1.54) is 11.3 Å². The van der Waals surface area contributed by atoms with E-state index in [-0.39, 0.29) is 0 Å². The van der Waals surface area contributed by atoms with Gasteiger partial charge in [0.15, 0.2) is 0 Å². The van der Waals surface area contributed by atoms with Crippen molar-refractivity contribution >= 4 is 33.6 Å². The summed E-state index contributed by atoms with van der Waals surface area (Å²) in [6.45, 7) is 17.5. The maximum atomic E-state index is 11.9. The average molecular weight is 293 g/mol. The lowest BCUT2D eigenvalue weighted by atomic mass is 10.1. The molecule has 0 fully saturated rings. The highest BCUT2D eigenvalue weighted by Gasteiger charge is 2.19. The fraction of sp³-hybridized carbons (Fsp3) is 0.438. The average Bonchev–Trinajstić information content (AvgIpc) is 2.69. The maximum absolute atomic E-state index is 11.9. The monoisotopic (exact) mass is 293 g/mol. The summed E-state index contributed by atoms with van der Waals surface area (Å²) < 4.78 is 5.28. The molecule has 1 rings (SSSR count). The first-order chi connectivity index (χ1) is 9.14. The quantitative estimate of drug-likeness (QED) is 0.790. The second-order valence-electron chi connectivity index (χ2n) is 5.72. The lowest BCUT2D eigenvalue weighted by Crippen LogP contribution is -2.27. The second-order valence-corrected chi connectivity index (χ2v) is 6.77. The number of ether oxygens (including phenoxy) is 1. The van der Waals surface area contributed by atoms with Crippen LogP contribution in [-0.2, 0) is 4.74 Å². The van der Waals surface area contributed by atoms with E-state index in [0.717, 1.165) is 33.0 Å². The number of anilines is 1. The minimum absolute atomic E-state index is 0.449. The first kappa shape index (κ1) is 16.5. The summed E-state index contributed by atoms with van der Waals surface area (Å²) in [6, 6.07) is 2.02. The van der Waals surface area contributed by atoms with Gasteiger partial charge in [0.05, 0.1) is 0 Å². The molecule has 0 bridgehead atoms. The molecule has 0 aliphatic rings. The Labute approximate surface area is 125 Å². The summed E-state index contributed by atoms with van der Waals surface area (Å²) in [7, 11) is 0. The summed E-state index contributed by atoms with van der Waals surface area (Å²) in [5.74, 6) is 0. The maximum Gasteiger partial charge on any atom is 0.412 e. The molecule has 0 radical (unpaired) electrons. The van der Waals surface area contributed by atoms with Gasteiger partial charge in [0, 0.05) is 10.4 Å². The Morgan fingerprint density at radius 2 is 2.00 bits per heavy atom. The Morgan fingerprint density at radius 3 is 2.45 bits per heavy atom. The predicted octanol–water partition coefficient (Wildman–Crippen LogP) is 5.55. The zero-order chi connectivity index (χ0) is 15.5. The third kappa shape index (κ3) is 4.53. The standard InChI is InChI=1S/C16H23NO2S/c1-8-11(4)13-9-12(10(2)3)14(20-13)17-15(18)19-16(5,6)7/h9H,2,4,8H2,1,3,5-7H3,(H,17,18). The minimum Gasteiger partial charge on any atom is -0.444 e. The molecule has 110 valence electrons. The van der Waals surface area contributed by atoms with E-state index in [1.54, 1.807) is 0 Å². The van der Waals surface area contributed by atoms with Crippen LogP contribution in [-0.4, -0.2) is 11.7 Å². The number of rotatable bonds is 4. The smallest absolute Gasteiger partial charge is 0.412 e. The van der Waals surface area contributed by atoms with Gasteiger partial charge in [-0.3, -0.25) is 5.32 Å². The molecule has 1 amide bonds. The van der Waals surface area contributed by atoms with E-state index in [1.807, 2.05) is 33.8 Å². The van der Waals surface area contributed by atoms with Gasteiger partial charge in [0.1, 0.15) is 10.6 Å². The Hall–Kier alpha value is -1.55. The van der Waals surface area contributed by atoms with Crippen LogP contribution < -0.4 is 5.32 Å². The number of carbonyl (C=O) groups is 1. The highest BCUT2D eigenvalue weighted by molar-refractivity contribution is 7.17. The topological polar surface area (TPSA) is 38.3 Å². The number of hydrogen-bond acceptors (Lipinski definition) is 3. The molecular weight excluding hydrogens is 270 g/mol. The molecule has 1 heterocycles. The van der Waals surface area contributed by atoms with Crippen molar-refractivity contribution in [2.45, 2.75) is 46.6 Å². The molecular formula is C16H23NO2S. The van der Waals surface area contributed by atoms with Gasteiger partial charge in [-0.2, -0.15) is 0 Å². The van der Waals surface area contributed by atoms with Gasteiger partial charge >= 0.3 is 6.09 Å². The Morgan fingerprint density at radius 1 is 1.40 bits per heavy atom. The summed E-state index contributed by atoms with van der Waals surface area (Å²) in [6.07, 6.45) is 0.428. The van der Waals surface area contributed by atoms with E-state index in [2.05, 4.69) is 25.4 Å². The molecule has 3 nitrogen and oxygen atoms in total. The molecule has 0 aliphatic carbocycles. The summed E-state index contributed by atoms with van der Waals surface area (Å²) in [5, 5.41) is 3.56. The summed E-state index contributed by atoms with van der Waals surface area (Å²) >= 11 is 1.50. The van der Waals surface area contributed by atoms with Gasteiger partial charge < -0.3 is 4.74 Å². The van der Waals surface area contributed by atoms with Gasteiger partial charge in [-0.1, -0.05) is 20.1 Å². The third-order valence-corrected chi connectivity index (χ3v) is 3.73. The number of thiophene rings is 1. The molecule has 0 atom stereocenters. The molecule has 0 aliphatic heterocycles. The van der Waals surface area contributed by atoms with Crippen molar-refractivity contribution in [2.75, 3.05) is 5.32 Å². The largest absolute Gasteiger partial charge is 0.444 e. The van der Waals surface area contributed by atoms with Crippen LogP contribution in [0.5, 0.6) is 0 Å². The summed E-state index contributed by atoms with van der Waals surface area (Å²) in [5.41, 5.74) is 2.38. The second kappa shape index (κ2) is 6.27. The van der Waals surface area contributed by atoms with Crippen LogP contribution in [0.1, 0.15) is 51.5 Å². The van der Waals surface area contributed by atoms with E-state index < -0.39 is 11.7 Å². The molecule has 0 spiro atoms. The molecule has 0 saturated carbocycles. The van der Waals surface area contributed by atoms with Crippen molar-refractivity contribution in [3.63, 3.8) is 0 Å². The van der Waals surface area contributed by atoms with Crippen molar-refractivity contribution in [1.82, 2.24) is 0 Å². The number of allylic oxidation sites excluding steroid dienone is 2. The molecule has 1 aromatic heterocycles. The molecule has 4 heteroatoms. The van der Waals surface area contributed by atoms with Gasteiger partial charge in [-0.05, 0) is 51.3 Å². The van der Waals surface area contributed by atoms with Crippen LogP contribution >= 0.6 is 11.3 Å². The van der Waals surface area contributed by atoms with Crippen LogP contribution in [0.3, 0.4) is 0 Å². The van der Waals surface area contributed by atoms with Crippen molar-refractivity contribution in [1.29, 1.82) is 0 Å². The number of carbonyl (C=O) groups excluding carboxylic acids is 1. The molecule has 20 heavy (non-hydrogen) atoms. The Bertz CT molecular complexity index is 535. The number of amides is 1. The fourth-order valence-electron chi connectivity index (χ4n) is 1.55. The van der Waals surface area contributed by atoms with Crippen LogP contribution in [0.2, 0.25) is 0 Å². The van der Waals surface area contributed by atoms with Crippen molar-refractivity contribution in [3.05, 3.63) is 29.7 Å². The Balaban J connectivity index is 2.99. The SMILES string of the molecule is C=C(CC)c1cc(C(=C)C)c(NC(=O)OC(C)(C)C)s1. The third-order valence-electron chi connectivity index (χ3n) is 2.58. The predicted molar refractivity (Wildman–Crippen MR) is 88.2 cm³/mol. The first-order valence-corrected chi connectivity index (χ1v) is 7.43. The lowest BCUT2D eigenvalue weighted by Gasteiger charge is -2.19. The number of nitrogens with one attached hydrogen (secondary N) is 1. The van der Waals surface area contributed by atoms with E-state index in [9.17, 15) is 4.79 Å². The van der Waals surface area contributed by atoms with Crippen LogP contribution in [0.25, 0.3) is 11.1 Å².